The van der Waals surface area contributed by atoms with E-state index < -0.39 is 6.97 Å². The highest BCUT2D eigenvalue weighted by molar-refractivity contribution is 6.66. The van der Waals surface area contributed by atoms with E-state index in [1.165, 1.54) is 8.96 Å². The molecule has 2 nitrogen and oxygen atoms in total. The van der Waals surface area contributed by atoms with Gasteiger partial charge in [0, 0.05) is 55.8 Å². The fourth-order valence-electron chi connectivity index (χ4n) is 9.37. The molecular weight excluding hydrogens is 605 g/mol. The summed E-state index contributed by atoms with van der Waals surface area (Å²) in [5.74, 6) is 0.857. The van der Waals surface area contributed by atoms with Crippen LogP contribution in [0.1, 0.15) is 44.8 Å². The maximum absolute atomic E-state index is 18.0. The Morgan fingerprint density at radius 2 is 0.898 bits per heavy atom. The van der Waals surface area contributed by atoms with Crippen LogP contribution >= 0.6 is 0 Å². The van der Waals surface area contributed by atoms with Crippen LogP contribution in [0.2, 0.25) is 0 Å². The lowest BCUT2D eigenvalue weighted by Gasteiger charge is -2.40. The molecule has 0 saturated heterocycles. The predicted octanol–water partition coefficient (Wildman–Crippen LogP) is 11.9. The SMILES string of the molecule is Cc1cc(C)c([C+]2c3cc4c5c(ccc6ccccc65)cc(C)c4n3[B-](F)(F)n3c2cc2c4c(ccc5ccccc54)cc(C)c23)c(C)c1. The standard InChI is InChI=1S/C44H33BF2N2/c1-24-18-25(2)39(26(3)19-24)42-37-22-35-40-31(16-14-29-10-6-8-12-33(29)40)20-27(4)43(35)48(37)45(46,47)49-38(42)23-36-41-32(21-28(5)44(36)49)17-15-30-11-7-9-13-34(30)41/h6-23H,1-5H3. The van der Waals surface area contributed by atoms with E-state index in [9.17, 15) is 0 Å². The molecule has 0 N–H and O–H groups in total. The van der Waals surface area contributed by atoms with Crippen LogP contribution in [0.4, 0.5) is 8.63 Å². The Morgan fingerprint density at radius 1 is 0.469 bits per heavy atom. The minimum absolute atomic E-state index is 0.570. The largest absolute Gasteiger partial charge is 0.535 e. The van der Waals surface area contributed by atoms with Gasteiger partial charge in [-0.2, -0.15) is 0 Å². The number of hydrogen-bond acceptors (Lipinski definition) is 0. The highest BCUT2D eigenvalue weighted by Crippen LogP contribution is 2.50. The van der Waals surface area contributed by atoms with E-state index in [1.54, 1.807) is 0 Å². The third kappa shape index (κ3) is 3.62. The van der Waals surface area contributed by atoms with Gasteiger partial charge in [-0.25, -0.2) is 0 Å². The molecule has 0 spiro atoms. The van der Waals surface area contributed by atoms with E-state index >= 15 is 8.63 Å². The van der Waals surface area contributed by atoms with E-state index in [1.807, 2.05) is 38.1 Å². The Kier molecular flexibility index (Phi) is 5.54. The van der Waals surface area contributed by atoms with Gasteiger partial charge in [0.25, 0.3) is 0 Å². The number of aromatic nitrogens is 2. The van der Waals surface area contributed by atoms with Gasteiger partial charge in [0.05, 0.1) is 17.0 Å². The van der Waals surface area contributed by atoms with Crippen LogP contribution in [0.3, 0.4) is 0 Å². The van der Waals surface area contributed by atoms with Gasteiger partial charge in [0.1, 0.15) is 5.92 Å². The Bertz CT molecular complexity index is 2730. The van der Waals surface area contributed by atoms with Crippen molar-refractivity contribution in [2.75, 3.05) is 0 Å². The molecule has 0 aliphatic carbocycles. The van der Waals surface area contributed by atoms with Gasteiger partial charge < -0.3 is 17.6 Å². The Morgan fingerprint density at radius 3 is 1.37 bits per heavy atom. The van der Waals surface area contributed by atoms with Gasteiger partial charge in [-0.3, -0.25) is 0 Å². The average molecular weight is 639 g/mol. The quantitative estimate of drug-likeness (QED) is 0.0962. The molecule has 1 aliphatic heterocycles. The van der Waals surface area contributed by atoms with Gasteiger partial charge in [0.15, 0.2) is 0 Å². The number of nitrogens with zero attached hydrogens (tertiary/aromatic N) is 2. The van der Waals surface area contributed by atoms with Crippen molar-refractivity contribution in [3.63, 3.8) is 0 Å². The smallest absolute Gasteiger partial charge is 0.437 e. The monoisotopic (exact) mass is 638 g/mol. The van der Waals surface area contributed by atoms with Crippen molar-refractivity contribution >= 4 is 71.9 Å². The number of fused-ring (bicyclic) bond motifs is 14. The first kappa shape index (κ1) is 28.5. The molecule has 0 amide bonds. The molecule has 7 aromatic carbocycles. The van der Waals surface area contributed by atoms with Crippen molar-refractivity contribution in [2.45, 2.75) is 34.6 Å². The van der Waals surface area contributed by atoms with Crippen LogP contribution in [-0.4, -0.2) is 15.9 Å². The predicted molar refractivity (Wildman–Crippen MR) is 203 cm³/mol. The lowest BCUT2D eigenvalue weighted by Crippen LogP contribution is -2.49. The summed E-state index contributed by atoms with van der Waals surface area (Å²) in [5, 5.41) is 10.2. The van der Waals surface area contributed by atoms with Crippen LogP contribution in [-0.2, 0) is 0 Å². The second-order valence-electron chi connectivity index (χ2n) is 14.2. The van der Waals surface area contributed by atoms with Crippen molar-refractivity contribution < 1.29 is 8.63 Å². The van der Waals surface area contributed by atoms with Gasteiger partial charge in [0.2, 0.25) is 0 Å². The molecule has 49 heavy (non-hydrogen) atoms. The minimum Gasteiger partial charge on any atom is -0.437 e. The highest BCUT2D eigenvalue weighted by Gasteiger charge is 2.48. The molecular formula is C44H33BF2N2. The van der Waals surface area contributed by atoms with Crippen LogP contribution < -0.4 is 0 Å². The first-order valence-electron chi connectivity index (χ1n) is 17.0. The zero-order valence-electron chi connectivity index (χ0n) is 28.1. The van der Waals surface area contributed by atoms with Gasteiger partial charge in [-0.1, -0.05) is 72.8 Å². The number of benzene rings is 7. The van der Waals surface area contributed by atoms with Crippen molar-refractivity contribution in [2.24, 2.45) is 0 Å². The average Bonchev–Trinajstić information content (AvgIpc) is 3.68. The maximum Gasteiger partial charge on any atom is 0.535 e. The summed E-state index contributed by atoms with van der Waals surface area (Å²) < 4.78 is 38.9. The molecule has 10 rings (SSSR count). The third-order valence-electron chi connectivity index (χ3n) is 11.1. The molecule has 0 atom stereocenters. The first-order chi connectivity index (χ1) is 23.6. The molecule has 1 aliphatic rings. The fraction of sp³-hybridized carbons (Fsp3) is 0.114. The number of rotatable bonds is 1. The summed E-state index contributed by atoms with van der Waals surface area (Å²) in [6, 6.07) is 37.7. The van der Waals surface area contributed by atoms with E-state index in [2.05, 4.69) is 106 Å². The maximum atomic E-state index is 18.0. The molecule has 0 radical (unpaired) electrons. The first-order valence-corrected chi connectivity index (χ1v) is 17.0. The fourth-order valence-corrected chi connectivity index (χ4v) is 9.37. The Balaban J connectivity index is 1.43. The normalized spacial score (nSPS) is 14.1. The second-order valence-corrected chi connectivity index (χ2v) is 14.2. The Hall–Kier alpha value is -5.55. The molecule has 5 heteroatoms. The number of halogens is 2. The summed E-state index contributed by atoms with van der Waals surface area (Å²) in [4.78, 5) is 0. The third-order valence-corrected chi connectivity index (χ3v) is 11.1. The summed E-state index contributed by atoms with van der Waals surface area (Å²) in [7, 11) is 0. The lowest BCUT2D eigenvalue weighted by atomic mass is 9.79. The van der Waals surface area contributed by atoms with Crippen molar-refractivity contribution in [3.8, 4) is 0 Å². The molecule has 236 valence electrons. The molecule has 2 aromatic heterocycles. The van der Waals surface area contributed by atoms with Crippen molar-refractivity contribution in [1.29, 1.82) is 0 Å². The lowest BCUT2D eigenvalue weighted by molar-refractivity contribution is 0.530. The van der Waals surface area contributed by atoms with Gasteiger partial charge in [-0.15, -0.1) is 0 Å². The number of hydrogen-bond donors (Lipinski definition) is 0. The van der Waals surface area contributed by atoms with Crippen molar-refractivity contribution in [3.05, 3.63) is 160 Å². The topological polar surface area (TPSA) is 9.86 Å². The summed E-state index contributed by atoms with van der Waals surface area (Å²) >= 11 is 0. The van der Waals surface area contributed by atoms with Crippen LogP contribution in [0.5, 0.6) is 0 Å². The zero-order valence-corrected chi connectivity index (χ0v) is 28.1. The van der Waals surface area contributed by atoms with Gasteiger partial charge in [-0.05, 0) is 108 Å². The Labute approximate surface area is 283 Å². The zero-order chi connectivity index (χ0) is 33.5. The van der Waals surface area contributed by atoms with Crippen LogP contribution in [0, 0.1) is 40.5 Å². The van der Waals surface area contributed by atoms with E-state index in [4.69, 9.17) is 0 Å². The summed E-state index contributed by atoms with van der Waals surface area (Å²) in [5.41, 5.74) is 8.36. The molecule has 0 unspecified atom stereocenters. The van der Waals surface area contributed by atoms with Crippen LogP contribution in [0.25, 0.3) is 64.9 Å². The number of aryl methyl sites for hydroxylation is 5. The van der Waals surface area contributed by atoms with Gasteiger partial charge >= 0.3 is 6.97 Å². The molecule has 0 saturated carbocycles. The molecule has 0 fully saturated rings. The van der Waals surface area contributed by atoms with Crippen LogP contribution in [0.15, 0.2) is 109 Å². The molecule has 0 bridgehead atoms. The highest BCUT2D eigenvalue weighted by atomic mass is 19.2. The molecule has 3 heterocycles. The van der Waals surface area contributed by atoms with E-state index in [0.717, 1.165) is 93.2 Å². The van der Waals surface area contributed by atoms with E-state index in [-0.39, 0.29) is 0 Å². The van der Waals surface area contributed by atoms with E-state index in [0.29, 0.717) is 22.4 Å². The molecule has 9 aromatic rings. The summed E-state index contributed by atoms with van der Waals surface area (Å²) in [6.07, 6.45) is 0. The van der Waals surface area contributed by atoms with Crippen molar-refractivity contribution in [1.82, 2.24) is 8.96 Å². The minimum atomic E-state index is -4.31. The summed E-state index contributed by atoms with van der Waals surface area (Å²) in [6.45, 7) is 5.97. The second kappa shape index (κ2) is 9.54.